The largest absolute Gasteiger partial charge is 0.435 e. The zero-order valence-electron chi connectivity index (χ0n) is 16.1. The topological polar surface area (TPSA) is 54.5 Å². The molecule has 0 radical (unpaired) electrons. The number of alkyl halides is 2. The molecule has 0 saturated carbocycles. The summed E-state index contributed by atoms with van der Waals surface area (Å²) < 4.78 is 30.0. The lowest BCUT2D eigenvalue weighted by Gasteiger charge is -2.31. The average molecular weight is 426 g/mol. The number of pyridine rings is 1. The fourth-order valence-electron chi connectivity index (χ4n) is 3.52. The van der Waals surface area contributed by atoms with E-state index in [1.807, 2.05) is 23.1 Å². The van der Waals surface area contributed by atoms with E-state index in [1.165, 1.54) is 6.07 Å². The number of halogens is 3. The number of para-hydroxylation sites is 1. The van der Waals surface area contributed by atoms with Gasteiger partial charge in [-0.25, -0.2) is 0 Å². The number of hydrogen-bond donors (Lipinski definition) is 1. The Morgan fingerprint density at radius 1 is 1.17 bits per heavy atom. The van der Waals surface area contributed by atoms with Gasteiger partial charge in [0.25, 0.3) is 0 Å². The molecular formula is C21H26ClF2N3O2. The summed E-state index contributed by atoms with van der Waals surface area (Å²) in [5.41, 5.74) is 1.27. The number of amides is 1. The van der Waals surface area contributed by atoms with Crippen LogP contribution in [-0.2, 0) is 17.8 Å². The Balaban J connectivity index is 0.00000300. The quantitative estimate of drug-likeness (QED) is 0.732. The van der Waals surface area contributed by atoms with Crippen LogP contribution in [0.2, 0.25) is 0 Å². The highest BCUT2D eigenvalue weighted by molar-refractivity contribution is 5.85. The minimum atomic E-state index is -2.92. The molecule has 2 aromatic rings. The van der Waals surface area contributed by atoms with Crippen molar-refractivity contribution in [2.24, 2.45) is 0 Å². The summed E-state index contributed by atoms with van der Waals surface area (Å²) in [7, 11) is 0. The van der Waals surface area contributed by atoms with Crippen LogP contribution in [-0.4, -0.2) is 41.5 Å². The monoisotopic (exact) mass is 425 g/mol. The van der Waals surface area contributed by atoms with E-state index in [0.29, 0.717) is 12.1 Å². The first kappa shape index (κ1) is 23.0. The highest BCUT2D eigenvalue weighted by Gasteiger charge is 2.26. The smallest absolute Gasteiger partial charge is 0.387 e. The van der Waals surface area contributed by atoms with E-state index in [2.05, 4.69) is 15.0 Å². The molecular weight excluding hydrogens is 400 g/mol. The number of nitrogens with one attached hydrogen (secondary N) is 1. The van der Waals surface area contributed by atoms with E-state index < -0.39 is 6.61 Å². The third-order valence-electron chi connectivity index (χ3n) is 4.90. The molecule has 1 aliphatic rings. The maximum Gasteiger partial charge on any atom is 0.387 e. The number of nitrogens with zero attached hydrogens (tertiary/aromatic N) is 2. The Morgan fingerprint density at radius 2 is 1.97 bits per heavy atom. The first-order chi connectivity index (χ1) is 13.6. The van der Waals surface area contributed by atoms with Crippen molar-refractivity contribution in [2.45, 2.75) is 44.9 Å². The van der Waals surface area contributed by atoms with Crippen LogP contribution in [0.5, 0.6) is 5.75 Å². The average Bonchev–Trinajstić information content (AvgIpc) is 2.97. The van der Waals surface area contributed by atoms with Gasteiger partial charge in [0.05, 0.1) is 18.7 Å². The predicted molar refractivity (Wildman–Crippen MR) is 109 cm³/mol. The molecule has 1 saturated heterocycles. The molecule has 1 amide bonds. The molecule has 29 heavy (non-hydrogen) atoms. The maximum atomic E-state index is 13.2. The van der Waals surface area contributed by atoms with Crippen molar-refractivity contribution in [3.05, 3.63) is 59.9 Å². The molecule has 0 bridgehead atoms. The Hall–Kier alpha value is -2.25. The zero-order chi connectivity index (χ0) is 19.8. The molecule has 8 heteroatoms. The number of benzene rings is 1. The molecule has 158 valence electrons. The van der Waals surface area contributed by atoms with Crippen molar-refractivity contribution >= 4 is 18.3 Å². The van der Waals surface area contributed by atoms with Crippen LogP contribution < -0.4 is 10.1 Å². The van der Waals surface area contributed by atoms with Crippen LogP contribution in [0.4, 0.5) is 8.78 Å². The number of ether oxygens (including phenoxy) is 1. The summed E-state index contributed by atoms with van der Waals surface area (Å²) in [6, 6.07) is 12.2. The number of rotatable bonds is 7. The van der Waals surface area contributed by atoms with Crippen molar-refractivity contribution in [3.63, 3.8) is 0 Å². The third-order valence-corrected chi connectivity index (χ3v) is 4.90. The lowest BCUT2D eigenvalue weighted by molar-refractivity contribution is -0.134. The Morgan fingerprint density at radius 3 is 2.72 bits per heavy atom. The van der Waals surface area contributed by atoms with E-state index in [4.69, 9.17) is 0 Å². The van der Waals surface area contributed by atoms with Gasteiger partial charge in [-0.05, 0) is 50.6 Å². The fraction of sp³-hybridized carbons (Fsp3) is 0.429. The van der Waals surface area contributed by atoms with Gasteiger partial charge >= 0.3 is 6.61 Å². The zero-order valence-corrected chi connectivity index (χ0v) is 16.9. The highest BCUT2D eigenvalue weighted by atomic mass is 35.5. The van der Waals surface area contributed by atoms with Gasteiger partial charge in [0, 0.05) is 17.8 Å². The third kappa shape index (κ3) is 6.94. The first-order valence-corrected chi connectivity index (χ1v) is 9.56. The number of carbonyl (C=O) groups excluding carboxylic acids is 1. The molecule has 2 heterocycles. The summed E-state index contributed by atoms with van der Waals surface area (Å²) in [4.78, 5) is 19.4. The lowest BCUT2D eigenvalue weighted by atomic mass is 10.0. The summed E-state index contributed by atoms with van der Waals surface area (Å²) in [6.07, 6.45) is 4.47. The Labute approximate surface area is 175 Å². The molecule has 1 fully saturated rings. The Bertz CT molecular complexity index is 757. The molecule has 1 N–H and O–H groups in total. The van der Waals surface area contributed by atoms with E-state index in [1.54, 1.807) is 24.4 Å². The summed E-state index contributed by atoms with van der Waals surface area (Å²) in [6.45, 7) is -0.731. The van der Waals surface area contributed by atoms with Crippen LogP contribution in [0.3, 0.4) is 0 Å². The molecule has 0 spiro atoms. The number of aromatic nitrogens is 1. The highest BCUT2D eigenvalue weighted by Crippen LogP contribution is 2.23. The van der Waals surface area contributed by atoms with Gasteiger partial charge in [-0.15, -0.1) is 12.4 Å². The van der Waals surface area contributed by atoms with Crippen molar-refractivity contribution in [3.8, 4) is 5.75 Å². The van der Waals surface area contributed by atoms with Gasteiger partial charge in [-0.3, -0.25) is 9.78 Å². The van der Waals surface area contributed by atoms with Crippen molar-refractivity contribution in [1.82, 2.24) is 15.2 Å². The van der Waals surface area contributed by atoms with Crippen LogP contribution >= 0.6 is 12.4 Å². The molecule has 1 aliphatic heterocycles. The number of hydrogen-bond acceptors (Lipinski definition) is 4. The molecule has 0 aliphatic carbocycles. The second-order valence-corrected chi connectivity index (χ2v) is 6.84. The van der Waals surface area contributed by atoms with Crippen LogP contribution in [0, 0.1) is 0 Å². The van der Waals surface area contributed by atoms with Gasteiger partial charge in [0.2, 0.25) is 5.91 Å². The molecule has 1 atom stereocenters. The molecule has 1 aromatic heterocycles. The maximum absolute atomic E-state index is 13.2. The van der Waals surface area contributed by atoms with Gasteiger partial charge in [0.1, 0.15) is 5.75 Å². The van der Waals surface area contributed by atoms with E-state index in [9.17, 15) is 13.6 Å². The van der Waals surface area contributed by atoms with Gasteiger partial charge in [-0.1, -0.05) is 24.3 Å². The standard InChI is InChI=1S/C21H25F2N3O2.ClH/c22-21(23)28-19-9-2-1-6-16(19)14-20(27)26(15-17-7-3-4-12-25-17)18-8-5-11-24-13-10-18;/h1-4,6-7,9,12,18,21,24H,5,8,10-11,13-15H2;1H. The normalized spacial score (nSPS) is 16.6. The predicted octanol–water partition coefficient (Wildman–Crippen LogP) is 3.82. The lowest BCUT2D eigenvalue weighted by Crippen LogP contribution is -2.41. The van der Waals surface area contributed by atoms with Crippen molar-refractivity contribution in [2.75, 3.05) is 13.1 Å². The fourth-order valence-corrected chi connectivity index (χ4v) is 3.52. The second kappa shape index (κ2) is 11.7. The summed E-state index contributed by atoms with van der Waals surface area (Å²) in [5.74, 6) is -0.0611. The van der Waals surface area contributed by atoms with Gasteiger partial charge in [-0.2, -0.15) is 8.78 Å². The van der Waals surface area contributed by atoms with Crippen LogP contribution in [0.15, 0.2) is 48.7 Å². The Kier molecular flexibility index (Phi) is 9.28. The van der Waals surface area contributed by atoms with Gasteiger partial charge in [0.15, 0.2) is 0 Å². The SMILES string of the molecule is Cl.O=C(Cc1ccccc1OC(F)F)N(Cc1ccccn1)C1CCCNCC1. The van der Waals surface area contributed by atoms with Crippen molar-refractivity contribution < 1.29 is 18.3 Å². The molecule has 5 nitrogen and oxygen atoms in total. The first-order valence-electron chi connectivity index (χ1n) is 9.56. The molecule has 1 aromatic carbocycles. The number of carbonyl (C=O) groups is 1. The molecule has 1 unspecified atom stereocenters. The van der Waals surface area contributed by atoms with Crippen LogP contribution in [0.25, 0.3) is 0 Å². The van der Waals surface area contributed by atoms with E-state index in [-0.39, 0.29) is 36.5 Å². The van der Waals surface area contributed by atoms with Gasteiger partial charge < -0.3 is 15.0 Å². The summed E-state index contributed by atoms with van der Waals surface area (Å²) in [5, 5.41) is 3.36. The van der Waals surface area contributed by atoms with Crippen LogP contribution in [0.1, 0.15) is 30.5 Å². The van der Waals surface area contributed by atoms with E-state index >= 15 is 0 Å². The summed E-state index contributed by atoms with van der Waals surface area (Å²) >= 11 is 0. The minimum absolute atomic E-state index is 0. The minimum Gasteiger partial charge on any atom is -0.435 e. The second-order valence-electron chi connectivity index (χ2n) is 6.84. The molecule has 3 rings (SSSR count). The van der Waals surface area contributed by atoms with Crippen molar-refractivity contribution in [1.29, 1.82) is 0 Å². The van der Waals surface area contributed by atoms with E-state index in [0.717, 1.165) is 38.0 Å².